The molecule has 2 rings (SSSR count). The van der Waals surface area contributed by atoms with Gasteiger partial charge in [0.2, 0.25) is 0 Å². The third kappa shape index (κ3) is 3.31. The lowest BCUT2D eigenvalue weighted by molar-refractivity contribution is 0.626. The highest BCUT2D eigenvalue weighted by molar-refractivity contribution is 7.99. The van der Waals surface area contributed by atoms with Crippen molar-refractivity contribution in [2.75, 3.05) is 5.75 Å². The quantitative estimate of drug-likeness (QED) is 0.848. The van der Waals surface area contributed by atoms with Crippen LogP contribution >= 0.6 is 23.1 Å². The maximum Gasteiger partial charge on any atom is 0.123 e. The van der Waals surface area contributed by atoms with E-state index in [1.807, 2.05) is 0 Å². The first-order valence-corrected chi connectivity index (χ1v) is 7.21. The van der Waals surface area contributed by atoms with Gasteiger partial charge in [0.25, 0.3) is 0 Å². The summed E-state index contributed by atoms with van der Waals surface area (Å²) in [6, 6.07) is 8.64. The van der Waals surface area contributed by atoms with Gasteiger partial charge in [0.05, 0.1) is 0 Å². The minimum absolute atomic E-state index is 0.0382. The second kappa shape index (κ2) is 5.67. The average Bonchev–Trinajstić information content (AvgIpc) is 2.74. The zero-order chi connectivity index (χ0) is 12.3. The van der Waals surface area contributed by atoms with Crippen molar-refractivity contribution in [1.29, 1.82) is 0 Å². The monoisotopic (exact) mass is 267 g/mol. The van der Waals surface area contributed by atoms with Crippen LogP contribution in [0.2, 0.25) is 0 Å². The summed E-state index contributed by atoms with van der Waals surface area (Å²) in [5, 5.41) is 2.06. The predicted molar refractivity (Wildman–Crippen MR) is 73.1 cm³/mol. The Balaban J connectivity index is 1.94. The van der Waals surface area contributed by atoms with Gasteiger partial charge in [-0.25, -0.2) is 4.39 Å². The summed E-state index contributed by atoms with van der Waals surface area (Å²) >= 11 is 3.37. The van der Waals surface area contributed by atoms with Crippen molar-refractivity contribution >= 4 is 23.1 Å². The number of thiophene rings is 1. The summed E-state index contributed by atoms with van der Waals surface area (Å²) in [5.74, 6) is 0.607. The molecule has 0 aliphatic heterocycles. The number of halogens is 1. The van der Waals surface area contributed by atoms with Crippen molar-refractivity contribution in [1.82, 2.24) is 0 Å². The molecule has 1 heterocycles. The van der Waals surface area contributed by atoms with Crippen LogP contribution in [0.4, 0.5) is 4.39 Å². The number of hydrogen-bond donors (Lipinski definition) is 1. The van der Waals surface area contributed by atoms with E-state index >= 15 is 0 Å². The lowest BCUT2D eigenvalue weighted by atomic mass is 10.1. The van der Waals surface area contributed by atoms with Crippen LogP contribution in [0, 0.1) is 12.7 Å². The molecule has 1 nitrogen and oxygen atoms in total. The molecule has 1 unspecified atom stereocenters. The van der Waals surface area contributed by atoms with Gasteiger partial charge in [-0.15, -0.1) is 23.1 Å². The Bertz CT molecular complexity index is 478. The Hall–Kier alpha value is -0.840. The molecule has 0 spiro atoms. The average molecular weight is 267 g/mol. The van der Waals surface area contributed by atoms with Crippen molar-refractivity contribution in [2.45, 2.75) is 17.9 Å². The van der Waals surface area contributed by atoms with E-state index in [4.69, 9.17) is 5.73 Å². The van der Waals surface area contributed by atoms with E-state index in [0.29, 0.717) is 0 Å². The Kier molecular flexibility index (Phi) is 4.20. The van der Waals surface area contributed by atoms with E-state index in [0.717, 1.165) is 10.6 Å². The van der Waals surface area contributed by atoms with Crippen molar-refractivity contribution < 1.29 is 4.39 Å². The smallest absolute Gasteiger partial charge is 0.123 e. The van der Waals surface area contributed by atoms with Crippen molar-refractivity contribution in [3.63, 3.8) is 0 Å². The fourth-order valence-corrected chi connectivity index (χ4v) is 3.24. The number of thioether (sulfide) groups is 1. The second-order valence-electron chi connectivity index (χ2n) is 3.80. The fraction of sp³-hybridized carbons (Fsp3) is 0.231. The molecular formula is C13H14FNS2. The highest BCUT2D eigenvalue weighted by Gasteiger charge is 2.10. The molecule has 0 bridgehead atoms. The van der Waals surface area contributed by atoms with Crippen LogP contribution in [0.15, 0.2) is 40.6 Å². The first kappa shape index (κ1) is 12.6. The topological polar surface area (TPSA) is 26.0 Å². The highest BCUT2D eigenvalue weighted by atomic mass is 32.2. The fourth-order valence-electron chi connectivity index (χ4n) is 1.59. The molecule has 0 fully saturated rings. The first-order valence-electron chi connectivity index (χ1n) is 5.35. The molecule has 2 N–H and O–H groups in total. The summed E-state index contributed by atoms with van der Waals surface area (Å²) in [6.07, 6.45) is 0. The molecular weight excluding hydrogens is 253 g/mol. The summed E-state index contributed by atoms with van der Waals surface area (Å²) < 4.78 is 12.7. The van der Waals surface area contributed by atoms with Gasteiger partial charge in [-0.1, -0.05) is 0 Å². The molecule has 1 aromatic carbocycles. The van der Waals surface area contributed by atoms with E-state index in [1.165, 1.54) is 22.6 Å². The zero-order valence-corrected chi connectivity index (χ0v) is 11.2. The first-order chi connectivity index (χ1) is 8.16. The maximum atomic E-state index is 12.7. The summed E-state index contributed by atoms with van der Waals surface area (Å²) in [7, 11) is 0. The van der Waals surface area contributed by atoms with Crippen LogP contribution in [0.5, 0.6) is 0 Å². The Morgan fingerprint density at radius 1 is 1.29 bits per heavy atom. The van der Waals surface area contributed by atoms with Gasteiger partial charge in [-0.05, 0) is 48.2 Å². The minimum Gasteiger partial charge on any atom is -0.323 e. The summed E-state index contributed by atoms with van der Waals surface area (Å²) in [4.78, 5) is 2.33. The molecule has 1 aromatic heterocycles. The summed E-state index contributed by atoms with van der Waals surface area (Å²) in [6.45, 7) is 2.09. The van der Waals surface area contributed by atoms with Crippen LogP contribution in [0.3, 0.4) is 0 Å². The standard InChI is InChI=1S/C13H14FNS2/c1-9-12(6-7-16-9)13(15)8-17-11-4-2-10(14)3-5-11/h2-7,13H,8,15H2,1H3. The molecule has 0 amide bonds. The van der Waals surface area contributed by atoms with E-state index in [-0.39, 0.29) is 11.9 Å². The van der Waals surface area contributed by atoms with E-state index in [1.54, 1.807) is 35.2 Å². The molecule has 0 radical (unpaired) electrons. The molecule has 90 valence electrons. The van der Waals surface area contributed by atoms with Crippen molar-refractivity contribution in [2.24, 2.45) is 5.73 Å². The highest BCUT2D eigenvalue weighted by Crippen LogP contribution is 2.27. The van der Waals surface area contributed by atoms with Crippen molar-refractivity contribution in [3.05, 3.63) is 52.0 Å². The number of nitrogens with two attached hydrogens (primary N) is 1. The minimum atomic E-state index is -0.202. The number of hydrogen-bond acceptors (Lipinski definition) is 3. The largest absolute Gasteiger partial charge is 0.323 e. The van der Waals surface area contributed by atoms with Gasteiger partial charge in [0.15, 0.2) is 0 Å². The second-order valence-corrected chi connectivity index (χ2v) is 6.02. The lowest BCUT2D eigenvalue weighted by Gasteiger charge is -2.11. The summed E-state index contributed by atoms with van der Waals surface area (Å²) in [5.41, 5.74) is 7.34. The third-order valence-corrected chi connectivity index (χ3v) is 4.53. The molecule has 17 heavy (non-hydrogen) atoms. The van der Waals surface area contributed by atoms with Crippen LogP contribution in [-0.4, -0.2) is 5.75 Å². The molecule has 0 saturated carbocycles. The van der Waals surface area contributed by atoms with Crippen LogP contribution in [-0.2, 0) is 0 Å². The van der Waals surface area contributed by atoms with Gasteiger partial charge >= 0.3 is 0 Å². The Labute approximate surface area is 109 Å². The number of rotatable bonds is 4. The van der Waals surface area contributed by atoms with Gasteiger partial charge in [0.1, 0.15) is 5.82 Å². The van der Waals surface area contributed by atoms with Crippen LogP contribution in [0.25, 0.3) is 0 Å². The van der Waals surface area contributed by atoms with Crippen LogP contribution < -0.4 is 5.73 Å². The van der Waals surface area contributed by atoms with E-state index in [9.17, 15) is 4.39 Å². The third-order valence-electron chi connectivity index (χ3n) is 2.54. The zero-order valence-electron chi connectivity index (χ0n) is 9.52. The molecule has 1 atom stereocenters. The maximum absolute atomic E-state index is 12.7. The van der Waals surface area contributed by atoms with Crippen LogP contribution in [0.1, 0.15) is 16.5 Å². The van der Waals surface area contributed by atoms with Gasteiger partial charge in [-0.3, -0.25) is 0 Å². The van der Waals surface area contributed by atoms with E-state index in [2.05, 4.69) is 18.4 Å². The number of aryl methyl sites for hydroxylation is 1. The predicted octanol–water partition coefficient (Wildman–Crippen LogP) is 3.99. The van der Waals surface area contributed by atoms with Gasteiger partial charge in [0, 0.05) is 21.6 Å². The molecule has 4 heteroatoms. The molecule has 2 aromatic rings. The molecule has 0 saturated heterocycles. The van der Waals surface area contributed by atoms with Gasteiger partial charge < -0.3 is 5.73 Å². The van der Waals surface area contributed by atoms with Crippen molar-refractivity contribution in [3.8, 4) is 0 Å². The molecule has 0 aliphatic carbocycles. The normalized spacial score (nSPS) is 12.6. The SMILES string of the molecule is Cc1sccc1C(N)CSc1ccc(F)cc1. The van der Waals surface area contributed by atoms with E-state index < -0.39 is 0 Å². The van der Waals surface area contributed by atoms with Gasteiger partial charge in [-0.2, -0.15) is 0 Å². The Morgan fingerprint density at radius 2 is 2.00 bits per heavy atom. The Morgan fingerprint density at radius 3 is 2.59 bits per heavy atom. The molecule has 0 aliphatic rings. The number of benzene rings is 1. The lowest BCUT2D eigenvalue weighted by Crippen LogP contribution is -2.12.